The average molecular weight is 387 g/mol. The van der Waals surface area contributed by atoms with Crippen molar-refractivity contribution in [3.05, 3.63) is 54.1 Å². The number of aryl methyl sites for hydroxylation is 1. The van der Waals surface area contributed by atoms with Crippen LogP contribution in [-0.4, -0.2) is 15.5 Å². The largest absolute Gasteiger partial charge is 0.220 e. The smallest absolute Gasteiger partial charge is 0.155 e. The van der Waals surface area contributed by atoms with Gasteiger partial charge in [-0.2, -0.15) is 11.1 Å². The number of benzene rings is 2. The lowest BCUT2D eigenvalue weighted by molar-refractivity contribution is 0.498. The van der Waals surface area contributed by atoms with Gasteiger partial charge in [0.2, 0.25) is 7.38 Å². The van der Waals surface area contributed by atoms with Crippen LogP contribution < -0.4 is 15.6 Å². The van der Waals surface area contributed by atoms with E-state index in [2.05, 4.69) is 75.1 Å². The molecule has 0 heterocycles. The van der Waals surface area contributed by atoms with Gasteiger partial charge in [-0.3, -0.25) is 0 Å². The fourth-order valence-corrected chi connectivity index (χ4v) is 11.0. The van der Waals surface area contributed by atoms with E-state index in [1.54, 1.807) is 5.19 Å². The summed E-state index contributed by atoms with van der Waals surface area (Å²) in [6.45, 7) is 9.55. The second-order valence-corrected chi connectivity index (χ2v) is 19.0. The molecular weight excluding hydrogens is 356 g/mol. The van der Waals surface area contributed by atoms with Crippen LogP contribution in [0.25, 0.3) is 0 Å². The molecule has 0 amide bonds. The topological polar surface area (TPSA) is 0 Å². The molecule has 0 radical (unpaired) electrons. The van der Waals surface area contributed by atoms with Gasteiger partial charge < -0.3 is 0 Å². The molecule has 1 unspecified atom stereocenters. The van der Waals surface area contributed by atoms with Crippen LogP contribution in [0.5, 0.6) is 0 Å². The summed E-state index contributed by atoms with van der Waals surface area (Å²) < 4.78 is 0. The van der Waals surface area contributed by atoms with Gasteiger partial charge in [-0.15, -0.1) is 0 Å². The molecule has 0 saturated heterocycles. The number of hydrogen-bond donors (Lipinski definition) is 0. The Balaban J connectivity index is 2.17. The van der Waals surface area contributed by atoms with E-state index in [0.29, 0.717) is 5.54 Å². The van der Waals surface area contributed by atoms with Crippen LogP contribution in [0.3, 0.4) is 0 Å². The zero-order chi connectivity index (χ0) is 18.1. The molecule has 0 N–H and O–H groups in total. The quantitative estimate of drug-likeness (QED) is 0.502. The first-order valence-corrected chi connectivity index (χ1v) is 16.3. The number of rotatable bonds is 4. The van der Waals surface area contributed by atoms with E-state index in [-0.39, 0.29) is 0 Å². The SMILES string of the molecule is Cc1cc([Si](C)(C)C)cc([Si](Cl)(c2ccccc2)C2CCCCC2)c1. The number of halogens is 1. The van der Waals surface area contributed by atoms with Crippen molar-refractivity contribution in [2.45, 2.75) is 64.2 Å². The second kappa shape index (κ2) is 7.42. The Bertz CT molecular complexity index is 715. The Morgan fingerprint density at radius 2 is 1.40 bits per heavy atom. The van der Waals surface area contributed by atoms with Crippen LogP contribution in [0.15, 0.2) is 48.5 Å². The molecule has 1 atom stereocenters. The Kier molecular flexibility index (Phi) is 5.62. The minimum atomic E-state index is -2.25. The minimum Gasteiger partial charge on any atom is -0.155 e. The maximum Gasteiger partial charge on any atom is 0.220 e. The molecule has 134 valence electrons. The van der Waals surface area contributed by atoms with Crippen LogP contribution in [0.1, 0.15) is 37.7 Å². The molecule has 25 heavy (non-hydrogen) atoms. The maximum atomic E-state index is 7.72. The van der Waals surface area contributed by atoms with Gasteiger partial charge in [-0.05, 0) is 22.8 Å². The molecule has 3 rings (SSSR count). The summed E-state index contributed by atoms with van der Waals surface area (Å²) in [6, 6.07) is 18.3. The lowest BCUT2D eigenvalue weighted by Gasteiger charge is -2.37. The van der Waals surface area contributed by atoms with E-state index in [1.807, 2.05) is 0 Å². The molecule has 0 bridgehead atoms. The van der Waals surface area contributed by atoms with Gasteiger partial charge >= 0.3 is 0 Å². The van der Waals surface area contributed by atoms with Crippen molar-refractivity contribution in [2.24, 2.45) is 0 Å². The van der Waals surface area contributed by atoms with Crippen LogP contribution in [0.2, 0.25) is 25.2 Å². The summed E-state index contributed by atoms with van der Waals surface area (Å²) in [5.74, 6) is 0. The van der Waals surface area contributed by atoms with E-state index in [4.69, 9.17) is 11.1 Å². The Morgan fingerprint density at radius 3 is 2.00 bits per heavy atom. The molecule has 1 fully saturated rings. The summed E-state index contributed by atoms with van der Waals surface area (Å²) in [7, 11) is -3.61. The molecule has 1 aliphatic rings. The van der Waals surface area contributed by atoms with Crippen molar-refractivity contribution >= 4 is 42.1 Å². The minimum absolute atomic E-state index is 0.654. The molecule has 1 saturated carbocycles. The molecule has 0 aromatic heterocycles. The fraction of sp³-hybridized carbons (Fsp3) is 0.455. The average Bonchev–Trinajstić information content (AvgIpc) is 2.61. The monoisotopic (exact) mass is 386 g/mol. The second-order valence-electron chi connectivity index (χ2n) is 8.75. The molecule has 3 heteroatoms. The van der Waals surface area contributed by atoms with Gasteiger partial charge in [0.05, 0.1) is 8.07 Å². The highest BCUT2D eigenvalue weighted by molar-refractivity contribution is 7.34. The highest BCUT2D eigenvalue weighted by atomic mass is 35.6. The standard InChI is InChI=1S/C22H31ClSi2/c1-18-15-21(24(2,3)4)17-22(16-18)25(23,19-11-7-5-8-12-19)20-13-9-6-10-14-20/h5,7-8,11-12,15-17,20H,6,9-10,13-14H2,1-4H3. The van der Waals surface area contributed by atoms with E-state index < -0.39 is 15.5 Å². The highest BCUT2D eigenvalue weighted by Crippen LogP contribution is 2.38. The predicted octanol–water partition coefficient (Wildman–Crippen LogP) is 5.17. The molecule has 2 aromatic carbocycles. The third-order valence-electron chi connectivity index (χ3n) is 5.73. The lowest BCUT2D eigenvalue weighted by atomic mass is 10.0. The maximum absolute atomic E-state index is 7.72. The van der Waals surface area contributed by atoms with Crippen LogP contribution in [0, 0.1) is 6.92 Å². The molecule has 0 spiro atoms. The van der Waals surface area contributed by atoms with Crippen molar-refractivity contribution in [3.63, 3.8) is 0 Å². The highest BCUT2D eigenvalue weighted by Gasteiger charge is 2.44. The van der Waals surface area contributed by atoms with E-state index in [1.165, 1.54) is 48.0 Å². The van der Waals surface area contributed by atoms with Gasteiger partial charge in [-0.1, -0.05) is 111 Å². The summed E-state index contributed by atoms with van der Waals surface area (Å²) in [5.41, 5.74) is 2.03. The van der Waals surface area contributed by atoms with Crippen LogP contribution in [-0.2, 0) is 0 Å². The molecular formula is C22H31ClSi2. The van der Waals surface area contributed by atoms with Crippen molar-refractivity contribution in [1.29, 1.82) is 0 Å². The van der Waals surface area contributed by atoms with Crippen molar-refractivity contribution in [1.82, 2.24) is 0 Å². The van der Waals surface area contributed by atoms with Gasteiger partial charge in [0, 0.05) is 0 Å². The molecule has 0 aliphatic heterocycles. The summed E-state index contributed by atoms with van der Waals surface area (Å²) in [5, 5.41) is 4.40. The van der Waals surface area contributed by atoms with Gasteiger partial charge in [0.25, 0.3) is 0 Å². The van der Waals surface area contributed by atoms with Gasteiger partial charge in [0.1, 0.15) is 0 Å². The molecule has 0 nitrogen and oxygen atoms in total. The molecule has 1 aliphatic carbocycles. The summed E-state index contributed by atoms with van der Waals surface area (Å²) in [6.07, 6.45) is 6.64. The zero-order valence-corrected chi connectivity index (χ0v) is 18.9. The van der Waals surface area contributed by atoms with Crippen molar-refractivity contribution < 1.29 is 0 Å². The number of hydrogen-bond acceptors (Lipinski definition) is 0. The molecule has 2 aromatic rings. The van der Waals surface area contributed by atoms with Crippen LogP contribution in [0.4, 0.5) is 0 Å². The van der Waals surface area contributed by atoms with Crippen LogP contribution >= 0.6 is 11.1 Å². The van der Waals surface area contributed by atoms with Gasteiger partial charge in [0.15, 0.2) is 0 Å². The first kappa shape index (κ1) is 18.9. The fourth-order valence-electron chi connectivity index (χ4n) is 4.25. The van der Waals surface area contributed by atoms with Crippen molar-refractivity contribution in [2.75, 3.05) is 0 Å². The third-order valence-corrected chi connectivity index (χ3v) is 14.0. The first-order valence-electron chi connectivity index (χ1n) is 9.69. The first-order chi connectivity index (χ1) is 11.8. The normalized spacial score (nSPS) is 18.8. The van der Waals surface area contributed by atoms with Crippen molar-refractivity contribution in [3.8, 4) is 0 Å². The Morgan fingerprint density at radius 1 is 0.800 bits per heavy atom. The van der Waals surface area contributed by atoms with E-state index in [9.17, 15) is 0 Å². The summed E-state index contributed by atoms with van der Waals surface area (Å²) >= 11 is 7.72. The lowest BCUT2D eigenvalue weighted by Crippen LogP contribution is -2.59. The van der Waals surface area contributed by atoms with E-state index >= 15 is 0 Å². The van der Waals surface area contributed by atoms with E-state index in [0.717, 1.165) is 0 Å². The van der Waals surface area contributed by atoms with Gasteiger partial charge in [-0.25, -0.2) is 0 Å². The predicted molar refractivity (Wildman–Crippen MR) is 118 cm³/mol. The Labute approximate surface area is 160 Å². The summed E-state index contributed by atoms with van der Waals surface area (Å²) in [4.78, 5) is 0. The zero-order valence-electron chi connectivity index (χ0n) is 16.1. The third kappa shape index (κ3) is 3.96. The Hall–Kier alpha value is -0.836.